The van der Waals surface area contributed by atoms with Crippen LogP contribution in [-0.4, -0.2) is 12.1 Å². The van der Waals surface area contributed by atoms with E-state index in [1.165, 1.54) is 0 Å². The van der Waals surface area contributed by atoms with Crippen molar-refractivity contribution in [1.82, 2.24) is 5.43 Å². The second-order valence-corrected chi connectivity index (χ2v) is 6.57. The Morgan fingerprint density at radius 1 is 0.828 bits per heavy atom. The van der Waals surface area contributed by atoms with Crippen molar-refractivity contribution in [2.75, 3.05) is 0 Å². The second kappa shape index (κ2) is 8.85. The number of rotatable bonds is 6. The van der Waals surface area contributed by atoms with Crippen LogP contribution in [0.15, 0.2) is 102 Å². The zero-order valence-corrected chi connectivity index (χ0v) is 15.8. The highest BCUT2D eigenvalue weighted by molar-refractivity contribution is 5.99. The van der Waals surface area contributed by atoms with Gasteiger partial charge >= 0.3 is 0 Å². The summed E-state index contributed by atoms with van der Waals surface area (Å²) in [6.45, 7) is 0.467. The molecule has 0 saturated carbocycles. The van der Waals surface area contributed by atoms with Crippen LogP contribution in [0.3, 0.4) is 0 Å². The number of amides is 1. The minimum absolute atomic E-state index is 0.255. The Morgan fingerprint density at radius 2 is 1.55 bits per heavy atom. The van der Waals surface area contributed by atoms with Gasteiger partial charge in [0.1, 0.15) is 12.4 Å². The predicted octanol–water partition coefficient (Wildman–Crippen LogP) is 5.18. The van der Waals surface area contributed by atoms with Crippen LogP contribution in [0.1, 0.15) is 21.5 Å². The number of hydrazone groups is 1. The Labute approximate surface area is 169 Å². The van der Waals surface area contributed by atoms with Crippen LogP contribution in [0.25, 0.3) is 10.8 Å². The molecule has 0 atom stereocenters. The van der Waals surface area contributed by atoms with Gasteiger partial charge in [0.25, 0.3) is 5.91 Å². The monoisotopic (exact) mass is 380 g/mol. The van der Waals surface area contributed by atoms with Crippen LogP contribution >= 0.6 is 0 Å². The third-order valence-corrected chi connectivity index (χ3v) is 4.54. The molecule has 4 aromatic carbocycles. The van der Waals surface area contributed by atoms with E-state index in [9.17, 15) is 4.79 Å². The fraction of sp³-hybridized carbons (Fsp3) is 0.0400. The molecule has 0 unspecified atom stereocenters. The maximum atomic E-state index is 12.4. The highest BCUT2D eigenvalue weighted by atomic mass is 16.5. The van der Waals surface area contributed by atoms with Crippen molar-refractivity contribution in [1.29, 1.82) is 0 Å². The van der Waals surface area contributed by atoms with E-state index in [1.807, 2.05) is 91.0 Å². The molecule has 4 rings (SSSR count). The SMILES string of the molecule is O=C(NN=Cc1ccccc1OCc1ccccc1)c1ccc2ccccc2c1. The fourth-order valence-corrected chi connectivity index (χ4v) is 3.01. The largest absolute Gasteiger partial charge is 0.488 e. The first-order valence-electron chi connectivity index (χ1n) is 9.37. The van der Waals surface area contributed by atoms with Gasteiger partial charge in [-0.2, -0.15) is 5.10 Å². The van der Waals surface area contributed by atoms with E-state index in [0.29, 0.717) is 17.9 Å². The summed E-state index contributed by atoms with van der Waals surface area (Å²) in [5.74, 6) is 0.453. The molecule has 0 spiro atoms. The number of fused-ring (bicyclic) bond motifs is 1. The molecule has 4 aromatic rings. The smallest absolute Gasteiger partial charge is 0.271 e. The molecule has 0 aliphatic heterocycles. The van der Waals surface area contributed by atoms with E-state index in [0.717, 1.165) is 21.9 Å². The number of carbonyl (C=O) groups is 1. The maximum absolute atomic E-state index is 12.4. The summed E-state index contributed by atoms with van der Waals surface area (Å²) in [5, 5.41) is 6.22. The van der Waals surface area contributed by atoms with E-state index >= 15 is 0 Å². The summed E-state index contributed by atoms with van der Waals surface area (Å²) in [7, 11) is 0. The van der Waals surface area contributed by atoms with Gasteiger partial charge in [0, 0.05) is 11.1 Å². The molecule has 1 amide bonds. The summed E-state index contributed by atoms with van der Waals surface area (Å²) >= 11 is 0. The molecule has 29 heavy (non-hydrogen) atoms. The van der Waals surface area contributed by atoms with Crippen molar-refractivity contribution in [3.8, 4) is 5.75 Å². The Kier molecular flexibility index (Phi) is 5.63. The van der Waals surface area contributed by atoms with Gasteiger partial charge in [0.05, 0.1) is 6.21 Å². The fourth-order valence-electron chi connectivity index (χ4n) is 3.01. The number of para-hydroxylation sites is 1. The number of nitrogens with zero attached hydrogens (tertiary/aromatic N) is 1. The zero-order valence-electron chi connectivity index (χ0n) is 15.8. The molecule has 142 valence electrons. The molecular formula is C25H20N2O2. The molecule has 0 radical (unpaired) electrons. The predicted molar refractivity (Wildman–Crippen MR) is 116 cm³/mol. The number of nitrogens with one attached hydrogen (secondary N) is 1. The van der Waals surface area contributed by atoms with Gasteiger partial charge in [-0.25, -0.2) is 5.43 Å². The van der Waals surface area contributed by atoms with Crippen molar-refractivity contribution in [2.24, 2.45) is 5.10 Å². The first-order chi connectivity index (χ1) is 14.3. The van der Waals surface area contributed by atoms with E-state index in [2.05, 4.69) is 10.5 Å². The zero-order chi connectivity index (χ0) is 19.9. The Bertz CT molecular complexity index is 1150. The quantitative estimate of drug-likeness (QED) is 0.370. The standard InChI is InChI=1S/C25H20N2O2/c28-25(22-15-14-20-10-4-5-11-21(20)16-22)27-26-17-23-12-6-7-13-24(23)29-18-19-8-2-1-3-9-19/h1-17H,18H2,(H,27,28). The van der Waals surface area contributed by atoms with Crippen LogP contribution in [0.5, 0.6) is 5.75 Å². The lowest BCUT2D eigenvalue weighted by molar-refractivity contribution is 0.0955. The minimum Gasteiger partial charge on any atom is -0.488 e. The molecule has 4 heteroatoms. The van der Waals surface area contributed by atoms with Gasteiger partial charge in [-0.1, -0.05) is 72.8 Å². The van der Waals surface area contributed by atoms with Crippen LogP contribution in [-0.2, 0) is 6.61 Å². The Balaban J connectivity index is 1.42. The molecule has 4 nitrogen and oxygen atoms in total. The molecule has 1 N–H and O–H groups in total. The van der Waals surface area contributed by atoms with E-state index in [4.69, 9.17) is 4.74 Å². The van der Waals surface area contributed by atoms with E-state index in [-0.39, 0.29) is 5.91 Å². The number of carbonyl (C=O) groups excluding carboxylic acids is 1. The lowest BCUT2D eigenvalue weighted by Crippen LogP contribution is -2.17. The van der Waals surface area contributed by atoms with Gasteiger partial charge in [0.2, 0.25) is 0 Å². The van der Waals surface area contributed by atoms with Crippen molar-refractivity contribution in [3.63, 3.8) is 0 Å². The maximum Gasteiger partial charge on any atom is 0.271 e. The van der Waals surface area contributed by atoms with Gasteiger partial charge in [-0.05, 0) is 40.6 Å². The highest BCUT2D eigenvalue weighted by Crippen LogP contribution is 2.18. The normalized spacial score (nSPS) is 10.9. The first-order valence-corrected chi connectivity index (χ1v) is 9.37. The molecule has 0 aromatic heterocycles. The molecular weight excluding hydrogens is 360 g/mol. The molecule has 0 fully saturated rings. The van der Waals surface area contributed by atoms with Gasteiger partial charge in [-0.3, -0.25) is 4.79 Å². The van der Waals surface area contributed by atoms with Crippen LogP contribution in [0, 0.1) is 0 Å². The second-order valence-electron chi connectivity index (χ2n) is 6.57. The minimum atomic E-state index is -0.255. The summed E-state index contributed by atoms with van der Waals surface area (Å²) in [5.41, 5.74) is 5.03. The molecule has 0 aliphatic carbocycles. The van der Waals surface area contributed by atoms with Crippen LogP contribution in [0.2, 0.25) is 0 Å². The van der Waals surface area contributed by atoms with Gasteiger partial charge < -0.3 is 4.74 Å². The average Bonchev–Trinajstić information content (AvgIpc) is 2.78. The van der Waals surface area contributed by atoms with E-state index in [1.54, 1.807) is 12.3 Å². The number of ether oxygens (including phenoxy) is 1. The lowest BCUT2D eigenvalue weighted by Gasteiger charge is -2.09. The third-order valence-electron chi connectivity index (χ3n) is 4.54. The number of hydrogen-bond donors (Lipinski definition) is 1. The Hall–Kier alpha value is -3.92. The van der Waals surface area contributed by atoms with Crippen molar-refractivity contribution in [3.05, 3.63) is 114 Å². The number of benzene rings is 4. The molecule has 0 heterocycles. The van der Waals surface area contributed by atoms with Gasteiger partial charge in [0.15, 0.2) is 0 Å². The lowest BCUT2D eigenvalue weighted by atomic mass is 10.1. The Morgan fingerprint density at radius 3 is 2.41 bits per heavy atom. The molecule has 0 saturated heterocycles. The average molecular weight is 380 g/mol. The summed E-state index contributed by atoms with van der Waals surface area (Å²) < 4.78 is 5.91. The summed E-state index contributed by atoms with van der Waals surface area (Å²) in [6.07, 6.45) is 1.60. The van der Waals surface area contributed by atoms with Crippen LogP contribution in [0.4, 0.5) is 0 Å². The molecule has 0 bridgehead atoms. The van der Waals surface area contributed by atoms with Crippen molar-refractivity contribution in [2.45, 2.75) is 6.61 Å². The third kappa shape index (κ3) is 4.68. The topological polar surface area (TPSA) is 50.7 Å². The molecule has 0 aliphatic rings. The first kappa shape index (κ1) is 18.4. The van der Waals surface area contributed by atoms with Crippen molar-refractivity contribution >= 4 is 22.9 Å². The highest BCUT2D eigenvalue weighted by Gasteiger charge is 2.06. The van der Waals surface area contributed by atoms with E-state index < -0.39 is 0 Å². The summed E-state index contributed by atoms with van der Waals surface area (Å²) in [4.78, 5) is 12.4. The van der Waals surface area contributed by atoms with Crippen molar-refractivity contribution < 1.29 is 9.53 Å². The van der Waals surface area contributed by atoms with Crippen LogP contribution < -0.4 is 10.2 Å². The van der Waals surface area contributed by atoms with Gasteiger partial charge in [-0.15, -0.1) is 0 Å². The summed E-state index contributed by atoms with van der Waals surface area (Å²) in [6, 6.07) is 31.1. The number of hydrogen-bond acceptors (Lipinski definition) is 3.